The highest BCUT2D eigenvalue weighted by Crippen LogP contribution is 2.32. The van der Waals surface area contributed by atoms with Crippen molar-refractivity contribution in [3.05, 3.63) is 34.7 Å². The summed E-state index contributed by atoms with van der Waals surface area (Å²) in [5, 5.41) is 3.52. The molecule has 1 saturated carbocycles. The maximum absolute atomic E-state index is 11.6. The molecule has 2 rings (SSSR count). The first-order valence-electron chi connectivity index (χ1n) is 7.18. The Kier molecular flexibility index (Phi) is 4.77. The third kappa shape index (κ3) is 3.45. The maximum Gasteiger partial charge on any atom is 0.250 e. The highest BCUT2D eigenvalue weighted by atomic mass is 16.1. The van der Waals surface area contributed by atoms with Crippen molar-refractivity contribution in [3.63, 3.8) is 0 Å². The van der Waals surface area contributed by atoms with Crippen LogP contribution in [-0.2, 0) is 6.54 Å². The fraction of sp³-hybridized carbons (Fsp3) is 0.667. The van der Waals surface area contributed by atoms with Crippen molar-refractivity contribution >= 4 is 0 Å². The van der Waals surface area contributed by atoms with E-state index in [0.29, 0.717) is 5.54 Å². The fourth-order valence-electron chi connectivity index (χ4n) is 2.98. The van der Waals surface area contributed by atoms with Gasteiger partial charge in [-0.1, -0.05) is 18.9 Å². The monoisotopic (exact) mass is 263 g/mol. The van der Waals surface area contributed by atoms with E-state index in [1.54, 1.807) is 16.7 Å². The van der Waals surface area contributed by atoms with Gasteiger partial charge in [0.1, 0.15) is 0 Å². The minimum Gasteiger partial charge on any atom is -0.314 e. The van der Waals surface area contributed by atoms with Crippen molar-refractivity contribution in [2.45, 2.75) is 37.8 Å². The first-order chi connectivity index (χ1) is 9.14. The van der Waals surface area contributed by atoms with Crippen LogP contribution in [0.25, 0.3) is 0 Å². The Hall–Kier alpha value is -1.13. The Morgan fingerprint density at radius 2 is 2.05 bits per heavy atom. The van der Waals surface area contributed by atoms with Crippen molar-refractivity contribution in [1.29, 1.82) is 0 Å². The van der Waals surface area contributed by atoms with Gasteiger partial charge in [0.05, 0.1) is 0 Å². The SMILES string of the molecule is CN(C)C1(CNCCn2ccccc2=O)CCCC1. The molecule has 4 heteroatoms. The summed E-state index contributed by atoms with van der Waals surface area (Å²) in [5.74, 6) is 0. The quantitative estimate of drug-likeness (QED) is 0.786. The Morgan fingerprint density at radius 1 is 1.32 bits per heavy atom. The van der Waals surface area contributed by atoms with Crippen LogP contribution in [0.1, 0.15) is 25.7 Å². The molecule has 0 amide bonds. The predicted molar refractivity (Wildman–Crippen MR) is 78.5 cm³/mol. The van der Waals surface area contributed by atoms with Crippen molar-refractivity contribution in [2.24, 2.45) is 0 Å². The molecule has 0 spiro atoms. The van der Waals surface area contributed by atoms with Crippen LogP contribution in [0.15, 0.2) is 29.2 Å². The summed E-state index contributed by atoms with van der Waals surface area (Å²) in [6.07, 6.45) is 7.06. The van der Waals surface area contributed by atoms with E-state index < -0.39 is 0 Å². The number of aromatic nitrogens is 1. The van der Waals surface area contributed by atoms with Gasteiger partial charge in [-0.05, 0) is 33.0 Å². The zero-order chi connectivity index (χ0) is 13.7. The second kappa shape index (κ2) is 6.35. The number of nitrogens with one attached hydrogen (secondary N) is 1. The van der Waals surface area contributed by atoms with Gasteiger partial charge in [0.15, 0.2) is 0 Å². The average molecular weight is 263 g/mol. The fourth-order valence-corrected chi connectivity index (χ4v) is 2.98. The first kappa shape index (κ1) is 14.3. The lowest BCUT2D eigenvalue weighted by Crippen LogP contribution is -2.50. The van der Waals surface area contributed by atoms with Gasteiger partial charge in [0.25, 0.3) is 5.56 Å². The minimum absolute atomic E-state index is 0.0764. The van der Waals surface area contributed by atoms with Crippen LogP contribution in [0.4, 0.5) is 0 Å². The van der Waals surface area contributed by atoms with Gasteiger partial charge in [0.2, 0.25) is 0 Å². The molecule has 0 bridgehead atoms. The molecular formula is C15H25N3O. The maximum atomic E-state index is 11.6. The topological polar surface area (TPSA) is 37.3 Å². The zero-order valence-corrected chi connectivity index (χ0v) is 12.1. The summed E-state index contributed by atoms with van der Waals surface area (Å²) in [4.78, 5) is 13.9. The van der Waals surface area contributed by atoms with E-state index >= 15 is 0 Å². The molecule has 1 N–H and O–H groups in total. The number of rotatable bonds is 6. The summed E-state index contributed by atoms with van der Waals surface area (Å²) in [7, 11) is 4.35. The van der Waals surface area contributed by atoms with E-state index in [9.17, 15) is 4.79 Å². The lowest BCUT2D eigenvalue weighted by Gasteiger charge is -2.36. The molecule has 1 heterocycles. The largest absolute Gasteiger partial charge is 0.314 e. The van der Waals surface area contributed by atoms with Gasteiger partial charge in [-0.2, -0.15) is 0 Å². The normalized spacial score (nSPS) is 18.1. The molecule has 0 radical (unpaired) electrons. The van der Waals surface area contributed by atoms with Crippen LogP contribution >= 0.6 is 0 Å². The van der Waals surface area contributed by atoms with Gasteiger partial charge in [0, 0.05) is 37.4 Å². The van der Waals surface area contributed by atoms with Crippen molar-refractivity contribution < 1.29 is 0 Å². The highest BCUT2D eigenvalue weighted by molar-refractivity contribution is 4.95. The highest BCUT2D eigenvalue weighted by Gasteiger charge is 2.35. The zero-order valence-electron chi connectivity index (χ0n) is 12.1. The van der Waals surface area contributed by atoms with Crippen LogP contribution in [-0.4, -0.2) is 42.2 Å². The summed E-state index contributed by atoms with van der Waals surface area (Å²) in [6, 6.07) is 5.30. The summed E-state index contributed by atoms with van der Waals surface area (Å²) >= 11 is 0. The standard InChI is InChI=1S/C15H25N3O/c1-17(2)15(8-4-5-9-15)13-16-10-12-18-11-6-3-7-14(18)19/h3,6-7,11,16H,4-5,8-10,12-13H2,1-2H3. The summed E-state index contributed by atoms with van der Waals surface area (Å²) in [6.45, 7) is 2.60. The second-order valence-corrected chi connectivity index (χ2v) is 5.73. The van der Waals surface area contributed by atoms with E-state index in [1.165, 1.54) is 25.7 Å². The van der Waals surface area contributed by atoms with Crippen LogP contribution in [0.3, 0.4) is 0 Å². The van der Waals surface area contributed by atoms with Gasteiger partial charge in [-0.15, -0.1) is 0 Å². The average Bonchev–Trinajstić information content (AvgIpc) is 2.87. The molecule has 0 atom stereocenters. The van der Waals surface area contributed by atoms with Gasteiger partial charge >= 0.3 is 0 Å². The Morgan fingerprint density at radius 3 is 2.68 bits per heavy atom. The molecule has 0 aromatic carbocycles. The van der Waals surface area contributed by atoms with Crippen LogP contribution in [0, 0.1) is 0 Å². The third-order valence-electron chi connectivity index (χ3n) is 4.37. The molecule has 4 nitrogen and oxygen atoms in total. The molecule has 1 aliphatic rings. The number of hydrogen-bond donors (Lipinski definition) is 1. The van der Waals surface area contributed by atoms with Crippen LogP contribution in [0.5, 0.6) is 0 Å². The van der Waals surface area contributed by atoms with E-state index in [-0.39, 0.29) is 5.56 Å². The van der Waals surface area contributed by atoms with E-state index in [2.05, 4.69) is 24.3 Å². The summed E-state index contributed by atoms with van der Waals surface area (Å²) < 4.78 is 1.75. The lowest BCUT2D eigenvalue weighted by atomic mass is 9.96. The van der Waals surface area contributed by atoms with E-state index in [0.717, 1.165) is 19.6 Å². The minimum atomic E-state index is 0.0764. The van der Waals surface area contributed by atoms with Gasteiger partial charge in [-0.25, -0.2) is 0 Å². The molecule has 106 valence electrons. The Balaban J connectivity index is 1.80. The lowest BCUT2D eigenvalue weighted by molar-refractivity contribution is 0.154. The van der Waals surface area contributed by atoms with Crippen LogP contribution < -0.4 is 10.9 Å². The molecular weight excluding hydrogens is 238 g/mol. The number of nitrogens with zero attached hydrogens (tertiary/aromatic N) is 2. The molecule has 0 aliphatic heterocycles. The van der Waals surface area contributed by atoms with Crippen molar-refractivity contribution in [3.8, 4) is 0 Å². The second-order valence-electron chi connectivity index (χ2n) is 5.73. The predicted octanol–water partition coefficient (Wildman–Crippen LogP) is 1.31. The van der Waals surface area contributed by atoms with E-state index in [1.807, 2.05) is 12.3 Å². The number of pyridine rings is 1. The molecule has 1 aliphatic carbocycles. The summed E-state index contributed by atoms with van der Waals surface area (Å²) in [5.41, 5.74) is 0.397. The molecule has 1 aromatic heterocycles. The number of hydrogen-bond acceptors (Lipinski definition) is 3. The Labute approximate surface area is 115 Å². The van der Waals surface area contributed by atoms with Gasteiger partial charge in [-0.3, -0.25) is 4.79 Å². The van der Waals surface area contributed by atoms with Crippen molar-refractivity contribution in [2.75, 3.05) is 27.2 Å². The van der Waals surface area contributed by atoms with Gasteiger partial charge < -0.3 is 14.8 Å². The van der Waals surface area contributed by atoms with E-state index in [4.69, 9.17) is 0 Å². The molecule has 0 saturated heterocycles. The first-order valence-corrected chi connectivity index (χ1v) is 7.18. The third-order valence-corrected chi connectivity index (χ3v) is 4.37. The van der Waals surface area contributed by atoms with Crippen molar-refractivity contribution in [1.82, 2.24) is 14.8 Å². The Bertz CT molecular complexity index is 447. The molecule has 0 unspecified atom stereocenters. The molecule has 1 fully saturated rings. The molecule has 1 aromatic rings. The van der Waals surface area contributed by atoms with Crippen LogP contribution in [0.2, 0.25) is 0 Å². The smallest absolute Gasteiger partial charge is 0.250 e. The number of likely N-dealkylation sites (N-methyl/N-ethyl adjacent to an activating group) is 1. The molecule has 19 heavy (non-hydrogen) atoms.